The number of hydrogen-bond donors (Lipinski definition) is 0. The van der Waals surface area contributed by atoms with E-state index in [1.807, 2.05) is 67.0 Å². The standard InChI is InChI=1S/C49H26N6O/c1-51-30-20-22-42-35(25-30)33-11-3-6-15-40(33)55(42)43-16-8-18-45-46(43)49(36-12-4-7-17-44(36)56-45)37-13-9-23-52-47(37)48-38(49)26-31(28-53-48)54-39-14-5-2-10-32(39)34-24-29(27-50)19-21-41(34)54/h2-26,28H. The van der Waals surface area contributed by atoms with Gasteiger partial charge in [0.1, 0.15) is 11.5 Å². The van der Waals surface area contributed by atoms with Crippen molar-refractivity contribution in [2.75, 3.05) is 0 Å². The average Bonchev–Trinajstić information content (AvgIpc) is 3.87. The normalized spacial score (nSPS) is 15.0. The number of fused-ring (bicyclic) bond motifs is 15. The van der Waals surface area contributed by atoms with Gasteiger partial charge in [0, 0.05) is 39.0 Å². The van der Waals surface area contributed by atoms with Gasteiger partial charge in [-0.15, -0.1) is 0 Å². The molecule has 1 atom stereocenters. The van der Waals surface area contributed by atoms with Gasteiger partial charge >= 0.3 is 0 Å². The second kappa shape index (κ2) is 11.0. The highest BCUT2D eigenvalue weighted by Gasteiger charge is 2.54. The second-order valence-corrected chi connectivity index (χ2v) is 14.3. The zero-order valence-electron chi connectivity index (χ0n) is 29.6. The Labute approximate surface area is 320 Å². The van der Waals surface area contributed by atoms with Gasteiger partial charge in [0.05, 0.1) is 74.6 Å². The molecule has 2 aliphatic rings. The van der Waals surface area contributed by atoms with Crippen LogP contribution in [0.25, 0.3) is 71.2 Å². The third-order valence-corrected chi connectivity index (χ3v) is 11.7. The molecule has 0 saturated heterocycles. The topological polar surface area (TPSA) is 73.0 Å². The molecule has 5 heterocycles. The molecular formula is C49H26N6O. The van der Waals surface area contributed by atoms with Crippen molar-refractivity contribution in [2.24, 2.45) is 0 Å². The highest BCUT2D eigenvalue weighted by atomic mass is 16.5. The van der Waals surface area contributed by atoms with Crippen molar-refractivity contribution in [1.29, 1.82) is 5.26 Å². The van der Waals surface area contributed by atoms with E-state index in [0.717, 1.165) is 100 Å². The summed E-state index contributed by atoms with van der Waals surface area (Å²) in [7, 11) is 0. The fourth-order valence-corrected chi connectivity index (χ4v) is 9.55. The van der Waals surface area contributed by atoms with Crippen molar-refractivity contribution in [3.05, 3.63) is 197 Å². The van der Waals surface area contributed by atoms with Gasteiger partial charge in [-0.3, -0.25) is 9.97 Å². The number of hydrogen-bond acceptors (Lipinski definition) is 4. The molecule has 258 valence electrons. The minimum atomic E-state index is -0.885. The van der Waals surface area contributed by atoms with Gasteiger partial charge in [-0.1, -0.05) is 72.8 Å². The first-order valence-electron chi connectivity index (χ1n) is 18.4. The van der Waals surface area contributed by atoms with Crippen molar-refractivity contribution < 1.29 is 4.74 Å². The van der Waals surface area contributed by atoms with Gasteiger partial charge in [0.15, 0.2) is 5.69 Å². The lowest BCUT2D eigenvalue weighted by Crippen LogP contribution is -2.33. The van der Waals surface area contributed by atoms with Gasteiger partial charge in [-0.05, 0) is 83.7 Å². The zero-order chi connectivity index (χ0) is 37.1. The Morgan fingerprint density at radius 2 is 1.27 bits per heavy atom. The number of rotatable bonds is 2. The summed E-state index contributed by atoms with van der Waals surface area (Å²) in [5.41, 5.74) is 11.9. The Bertz CT molecular complexity index is 3450. The maximum absolute atomic E-state index is 9.82. The molecule has 4 aromatic heterocycles. The summed E-state index contributed by atoms with van der Waals surface area (Å²) in [5.74, 6) is 1.52. The van der Waals surface area contributed by atoms with Crippen LogP contribution in [0.2, 0.25) is 0 Å². The predicted molar refractivity (Wildman–Crippen MR) is 219 cm³/mol. The number of nitriles is 1. The van der Waals surface area contributed by atoms with Gasteiger partial charge in [0.2, 0.25) is 0 Å². The summed E-state index contributed by atoms with van der Waals surface area (Å²) < 4.78 is 11.5. The minimum Gasteiger partial charge on any atom is -0.457 e. The van der Waals surface area contributed by atoms with E-state index in [-0.39, 0.29) is 0 Å². The van der Waals surface area contributed by atoms with E-state index in [1.54, 1.807) is 0 Å². The molecule has 1 aliphatic heterocycles. The van der Waals surface area contributed by atoms with Crippen LogP contribution in [0.5, 0.6) is 11.5 Å². The van der Waals surface area contributed by atoms with E-state index in [4.69, 9.17) is 21.3 Å². The van der Waals surface area contributed by atoms with E-state index >= 15 is 0 Å². The van der Waals surface area contributed by atoms with Crippen molar-refractivity contribution in [1.82, 2.24) is 19.1 Å². The molecule has 0 fully saturated rings. The SMILES string of the molecule is [C-]#[N+]c1ccc2c(c1)c1ccccc1n2-c1cccc2c1C1(c3ccccc3O2)c2cccnc2-c2ncc(-n3c4ccccc4c4cc(C#N)ccc43)cc21. The average molecular weight is 715 g/mol. The maximum Gasteiger partial charge on any atom is 0.188 e. The number of para-hydroxylation sites is 3. The molecule has 0 radical (unpaired) electrons. The first-order valence-corrected chi connectivity index (χ1v) is 18.4. The van der Waals surface area contributed by atoms with E-state index in [2.05, 4.69) is 111 Å². The summed E-state index contributed by atoms with van der Waals surface area (Å²) in [5, 5.41) is 14.0. The van der Waals surface area contributed by atoms with E-state index in [9.17, 15) is 5.26 Å². The van der Waals surface area contributed by atoms with Gasteiger partial charge in [-0.25, -0.2) is 4.85 Å². The fraction of sp³-hybridized carbons (Fsp3) is 0.0204. The Kier molecular flexibility index (Phi) is 5.99. The predicted octanol–water partition coefficient (Wildman–Crippen LogP) is 11.6. The van der Waals surface area contributed by atoms with Crippen molar-refractivity contribution in [2.45, 2.75) is 5.41 Å². The van der Waals surface area contributed by atoms with Crippen LogP contribution in [0.4, 0.5) is 5.69 Å². The maximum atomic E-state index is 9.82. The number of benzene rings is 6. The van der Waals surface area contributed by atoms with Crippen LogP contribution in [-0.2, 0) is 5.41 Å². The van der Waals surface area contributed by atoms with E-state index in [0.29, 0.717) is 11.3 Å². The zero-order valence-corrected chi connectivity index (χ0v) is 29.6. The molecule has 10 aromatic rings. The summed E-state index contributed by atoms with van der Waals surface area (Å²) in [4.78, 5) is 14.1. The summed E-state index contributed by atoms with van der Waals surface area (Å²) in [6.45, 7) is 7.79. The monoisotopic (exact) mass is 714 g/mol. The number of ether oxygens (including phenoxy) is 1. The third kappa shape index (κ3) is 3.78. The largest absolute Gasteiger partial charge is 0.457 e. The molecule has 12 rings (SSSR count). The number of nitrogens with zero attached hydrogens (tertiary/aromatic N) is 6. The van der Waals surface area contributed by atoms with Crippen LogP contribution in [0.1, 0.15) is 27.8 Å². The molecule has 1 spiro atoms. The molecule has 0 bridgehead atoms. The lowest BCUT2D eigenvalue weighted by molar-refractivity contribution is 0.435. The van der Waals surface area contributed by atoms with Gasteiger partial charge < -0.3 is 13.9 Å². The van der Waals surface area contributed by atoms with Gasteiger partial charge in [-0.2, -0.15) is 5.26 Å². The van der Waals surface area contributed by atoms with Crippen molar-refractivity contribution in [3.63, 3.8) is 0 Å². The Balaban J connectivity index is 1.23. The van der Waals surface area contributed by atoms with Crippen LogP contribution >= 0.6 is 0 Å². The van der Waals surface area contributed by atoms with E-state index in [1.165, 1.54) is 0 Å². The van der Waals surface area contributed by atoms with Crippen LogP contribution < -0.4 is 4.74 Å². The van der Waals surface area contributed by atoms with E-state index < -0.39 is 5.41 Å². The molecule has 7 heteroatoms. The first-order chi connectivity index (χ1) is 27.7. The Morgan fingerprint density at radius 1 is 0.589 bits per heavy atom. The van der Waals surface area contributed by atoms with Crippen LogP contribution in [0.15, 0.2) is 158 Å². The molecule has 7 nitrogen and oxygen atoms in total. The molecule has 0 saturated carbocycles. The molecule has 1 unspecified atom stereocenters. The number of aromatic nitrogens is 4. The summed E-state index contributed by atoms with van der Waals surface area (Å²) in [6, 6.07) is 52.0. The first kappa shape index (κ1) is 30.5. The van der Waals surface area contributed by atoms with Crippen molar-refractivity contribution >= 4 is 49.3 Å². The summed E-state index contributed by atoms with van der Waals surface area (Å²) in [6.07, 6.45) is 3.79. The molecule has 0 N–H and O–H groups in total. The molecule has 1 aliphatic carbocycles. The van der Waals surface area contributed by atoms with Crippen LogP contribution in [0.3, 0.4) is 0 Å². The minimum absolute atomic E-state index is 0.599. The molecular weight excluding hydrogens is 689 g/mol. The smallest absolute Gasteiger partial charge is 0.188 e. The quantitative estimate of drug-likeness (QED) is 0.167. The molecule has 56 heavy (non-hydrogen) atoms. The molecule has 6 aromatic carbocycles. The number of pyridine rings is 2. The fourth-order valence-electron chi connectivity index (χ4n) is 9.55. The Hall–Kier alpha value is -8.00. The van der Waals surface area contributed by atoms with Crippen LogP contribution in [0, 0.1) is 17.9 Å². The highest BCUT2D eigenvalue weighted by Crippen LogP contribution is 2.63. The van der Waals surface area contributed by atoms with Gasteiger partial charge in [0.25, 0.3) is 0 Å². The second-order valence-electron chi connectivity index (χ2n) is 14.3. The Morgan fingerprint density at radius 3 is 2.11 bits per heavy atom. The molecule has 0 amide bonds. The third-order valence-electron chi connectivity index (χ3n) is 11.7. The van der Waals surface area contributed by atoms with Crippen molar-refractivity contribution in [3.8, 4) is 40.3 Å². The van der Waals surface area contributed by atoms with Crippen LogP contribution in [-0.4, -0.2) is 19.1 Å². The summed E-state index contributed by atoms with van der Waals surface area (Å²) >= 11 is 0. The highest BCUT2D eigenvalue weighted by molar-refractivity contribution is 6.11. The lowest BCUT2D eigenvalue weighted by atomic mass is 9.65. The lowest BCUT2D eigenvalue weighted by Gasteiger charge is -2.40.